The first kappa shape index (κ1) is 20.4. The highest BCUT2D eigenvalue weighted by Gasteiger charge is 2.15. The number of hydrogen-bond acceptors (Lipinski definition) is 4. The Kier molecular flexibility index (Phi) is 6.07. The Morgan fingerprint density at radius 3 is 2.43 bits per heavy atom. The van der Waals surface area contributed by atoms with Gasteiger partial charge >= 0.3 is 11.9 Å². The van der Waals surface area contributed by atoms with Gasteiger partial charge in [0.1, 0.15) is 5.75 Å². The number of hydrogen-bond donors (Lipinski definition) is 2. The number of aromatic nitrogens is 1. The summed E-state index contributed by atoms with van der Waals surface area (Å²) in [6.45, 7) is 0.782. The largest absolute Gasteiger partial charge is 0.474 e. The van der Waals surface area contributed by atoms with Crippen LogP contribution in [0, 0.1) is 0 Å². The van der Waals surface area contributed by atoms with Crippen molar-refractivity contribution in [2.75, 3.05) is 19.4 Å². The van der Waals surface area contributed by atoms with Crippen LogP contribution < -0.4 is 10.1 Å². The molecule has 1 amide bonds. The van der Waals surface area contributed by atoms with E-state index in [4.69, 9.17) is 9.84 Å². The van der Waals surface area contributed by atoms with E-state index in [1.54, 1.807) is 12.1 Å². The molecule has 0 aliphatic carbocycles. The second kappa shape index (κ2) is 8.34. The van der Waals surface area contributed by atoms with E-state index in [0.29, 0.717) is 26.1 Å². The van der Waals surface area contributed by atoms with E-state index in [0.717, 1.165) is 17.6 Å². The number of ether oxygens (including phenoxy) is 1. The summed E-state index contributed by atoms with van der Waals surface area (Å²) in [6, 6.07) is 11.0. The molecule has 0 aliphatic heterocycles. The van der Waals surface area contributed by atoms with Crippen molar-refractivity contribution in [2.24, 2.45) is 0 Å². The molecule has 3 aromatic rings. The molecule has 0 radical (unpaired) electrons. The summed E-state index contributed by atoms with van der Waals surface area (Å²) >= 11 is 6.80. The molecule has 7 nitrogen and oxygen atoms in total. The molecular formula is C19H17Br2N3O4. The number of benzene rings is 2. The average Bonchev–Trinajstić information content (AvgIpc) is 2.99. The third-order valence-electron chi connectivity index (χ3n) is 3.85. The minimum atomic E-state index is -1.55. The van der Waals surface area contributed by atoms with Gasteiger partial charge in [0.25, 0.3) is 0 Å². The molecule has 0 saturated heterocycles. The monoisotopic (exact) mass is 509 g/mol. The molecule has 1 heterocycles. The van der Waals surface area contributed by atoms with Crippen molar-refractivity contribution in [3.8, 4) is 11.5 Å². The van der Waals surface area contributed by atoms with Crippen LogP contribution in [-0.4, -0.2) is 40.5 Å². The normalized spacial score (nSPS) is 11.0. The van der Waals surface area contributed by atoms with E-state index in [1.807, 2.05) is 44.6 Å². The fourth-order valence-electron chi connectivity index (χ4n) is 2.70. The highest BCUT2D eigenvalue weighted by molar-refractivity contribution is 9.11. The minimum absolute atomic E-state index is 0.328. The lowest BCUT2D eigenvalue weighted by atomic mass is 10.2. The van der Waals surface area contributed by atoms with E-state index < -0.39 is 11.9 Å². The number of nitrogens with one attached hydrogen (secondary N) is 1. The fraction of sp³-hybridized carbons (Fsp3) is 0.158. The number of rotatable bonds is 5. The van der Waals surface area contributed by atoms with Gasteiger partial charge in [0.2, 0.25) is 0 Å². The SMILES string of the molecule is CN(C)Cn1ccc2cc(Oc3c(Br)cc(NC(=O)C(=O)O)cc3Br)ccc21. The topological polar surface area (TPSA) is 83.8 Å². The van der Waals surface area contributed by atoms with Gasteiger partial charge in [-0.2, -0.15) is 0 Å². The molecule has 0 unspecified atom stereocenters. The zero-order valence-electron chi connectivity index (χ0n) is 15.1. The van der Waals surface area contributed by atoms with Gasteiger partial charge in [0.15, 0.2) is 5.75 Å². The van der Waals surface area contributed by atoms with Crippen LogP contribution in [0.5, 0.6) is 11.5 Å². The van der Waals surface area contributed by atoms with Crippen LogP contribution in [-0.2, 0) is 16.3 Å². The number of amides is 1. The number of carbonyl (C=O) groups is 2. The maximum Gasteiger partial charge on any atom is 0.394 e. The Morgan fingerprint density at radius 1 is 1.14 bits per heavy atom. The number of fused-ring (bicyclic) bond motifs is 1. The summed E-state index contributed by atoms with van der Waals surface area (Å²) < 4.78 is 9.27. The highest BCUT2D eigenvalue weighted by Crippen LogP contribution is 2.39. The van der Waals surface area contributed by atoms with Crippen molar-refractivity contribution < 1.29 is 19.4 Å². The Morgan fingerprint density at radius 2 is 1.82 bits per heavy atom. The number of carbonyl (C=O) groups excluding carboxylic acids is 1. The van der Waals surface area contributed by atoms with Gasteiger partial charge in [-0.15, -0.1) is 0 Å². The first-order chi connectivity index (χ1) is 13.2. The quantitative estimate of drug-likeness (QED) is 0.494. The summed E-state index contributed by atoms with van der Waals surface area (Å²) in [5.41, 5.74) is 1.43. The van der Waals surface area contributed by atoms with Crippen LogP contribution in [0.2, 0.25) is 0 Å². The molecule has 1 aromatic heterocycles. The van der Waals surface area contributed by atoms with Gasteiger partial charge in [-0.3, -0.25) is 9.69 Å². The van der Waals surface area contributed by atoms with Crippen molar-refractivity contribution in [3.63, 3.8) is 0 Å². The van der Waals surface area contributed by atoms with E-state index in [1.165, 1.54) is 0 Å². The number of halogens is 2. The van der Waals surface area contributed by atoms with Gasteiger partial charge in [-0.1, -0.05) is 0 Å². The first-order valence-electron chi connectivity index (χ1n) is 8.19. The number of anilines is 1. The second-order valence-corrected chi connectivity index (χ2v) is 8.07. The molecule has 0 saturated carbocycles. The predicted octanol–water partition coefficient (Wildman–Crippen LogP) is 4.50. The molecule has 2 N–H and O–H groups in total. The predicted molar refractivity (Wildman–Crippen MR) is 114 cm³/mol. The van der Waals surface area contributed by atoms with Gasteiger partial charge in [0, 0.05) is 22.8 Å². The zero-order chi connectivity index (χ0) is 20.4. The Bertz CT molecular complexity index is 1040. The smallest absolute Gasteiger partial charge is 0.394 e. The molecule has 0 spiro atoms. The number of nitrogens with zero attached hydrogens (tertiary/aromatic N) is 2. The van der Waals surface area contributed by atoms with Crippen LogP contribution >= 0.6 is 31.9 Å². The maximum absolute atomic E-state index is 11.3. The lowest BCUT2D eigenvalue weighted by Crippen LogP contribution is -2.21. The standard InChI is InChI=1S/C19H17Br2N3O4/c1-23(2)10-24-6-5-11-7-13(3-4-16(11)24)28-17-14(20)8-12(9-15(17)21)22-18(25)19(26)27/h3-9H,10H2,1-2H3,(H,22,25)(H,26,27). The molecule has 3 rings (SSSR count). The van der Waals surface area contributed by atoms with Crippen molar-refractivity contribution >= 4 is 60.3 Å². The molecule has 0 fully saturated rings. The van der Waals surface area contributed by atoms with E-state index in [9.17, 15) is 9.59 Å². The van der Waals surface area contributed by atoms with Gasteiger partial charge in [-0.25, -0.2) is 4.79 Å². The van der Waals surface area contributed by atoms with Crippen molar-refractivity contribution in [3.05, 3.63) is 51.5 Å². The second-order valence-electron chi connectivity index (χ2n) is 6.36. The summed E-state index contributed by atoms with van der Waals surface area (Å²) in [6.07, 6.45) is 2.03. The van der Waals surface area contributed by atoms with Crippen LogP contribution in [0.4, 0.5) is 5.69 Å². The Labute approximate surface area is 178 Å². The van der Waals surface area contributed by atoms with Gasteiger partial charge in [0.05, 0.1) is 15.6 Å². The van der Waals surface area contributed by atoms with E-state index in [2.05, 4.69) is 46.6 Å². The van der Waals surface area contributed by atoms with Gasteiger partial charge in [-0.05, 0) is 82.4 Å². The van der Waals surface area contributed by atoms with Crippen LogP contribution in [0.1, 0.15) is 0 Å². The van der Waals surface area contributed by atoms with Gasteiger partial charge < -0.3 is 19.7 Å². The lowest BCUT2D eigenvalue weighted by molar-refractivity contribution is -0.147. The maximum atomic E-state index is 11.3. The minimum Gasteiger partial charge on any atom is -0.474 e. The molecular weight excluding hydrogens is 494 g/mol. The fourth-order valence-corrected chi connectivity index (χ4v) is 4.05. The third kappa shape index (κ3) is 4.54. The van der Waals surface area contributed by atoms with Crippen LogP contribution in [0.25, 0.3) is 10.9 Å². The zero-order valence-corrected chi connectivity index (χ0v) is 18.2. The van der Waals surface area contributed by atoms with E-state index in [-0.39, 0.29) is 0 Å². The third-order valence-corrected chi connectivity index (χ3v) is 5.03. The van der Waals surface area contributed by atoms with Crippen molar-refractivity contribution in [1.29, 1.82) is 0 Å². The van der Waals surface area contributed by atoms with Crippen molar-refractivity contribution in [1.82, 2.24) is 9.47 Å². The molecule has 2 aromatic carbocycles. The Balaban J connectivity index is 1.85. The molecule has 0 aliphatic rings. The molecule has 0 atom stereocenters. The number of carboxylic acids is 1. The molecule has 28 heavy (non-hydrogen) atoms. The Hall–Kier alpha value is -2.36. The van der Waals surface area contributed by atoms with Crippen LogP contribution in [0.3, 0.4) is 0 Å². The summed E-state index contributed by atoms with van der Waals surface area (Å²) in [5.74, 6) is -1.50. The highest BCUT2D eigenvalue weighted by atomic mass is 79.9. The lowest BCUT2D eigenvalue weighted by Gasteiger charge is -2.14. The van der Waals surface area contributed by atoms with E-state index >= 15 is 0 Å². The summed E-state index contributed by atoms with van der Waals surface area (Å²) in [7, 11) is 4.03. The van der Waals surface area contributed by atoms with Crippen molar-refractivity contribution in [2.45, 2.75) is 6.67 Å². The number of carboxylic acid groups (broad SMARTS) is 1. The number of aliphatic carboxylic acids is 1. The molecule has 9 heteroatoms. The molecule has 0 bridgehead atoms. The first-order valence-corrected chi connectivity index (χ1v) is 9.78. The molecule has 146 valence electrons. The summed E-state index contributed by atoms with van der Waals surface area (Å²) in [4.78, 5) is 24.1. The average molecular weight is 511 g/mol. The summed E-state index contributed by atoms with van der Waals surface area (Å²) in [5, 5.41) is 12.1. The van der Waals surface area contributed by atoms with Crippen LogP contribution in [0.15, 0.2) is 51.5 Å².